The molecule has 0 spiro atoms. The fourth-order valence-corrected chi connectivity index (χ4v) is 1.03. The fourth-order valence-electron chi connectivity index (χ4n) is 1.03. The molecule has 1 heterocycles. The minimum atomic E-state index is -0.223. The van der Waals surface area contributed by atoms with Gasteiger partial charge in [-0.1, -0.05) is 0 Å². The first-order valence-electron chi connectivity index (χ1n) is 3.19. The average Bonchev–Trinajstić information content (AvgIpc) is 1.97. The predicted molar refractivity (Wildman–Crippen MR) is 36.0 cm³/mol. The van der Waals surface area contributed by atoms with Crippen molar-refractivity contribution in [3.8, 4) is 0 Å². The third kappa shape index (κ3) is 1.08. The van der Waals surface area contributed by atoms with Crippen LogP contribution in [0.25, 0.3) is 0 Å². The van der Waals surface area contributed by atoms with Crippen molar-refractivity contribution in [3.63, 3.8) is 0 Å². The second-order valence-corrected chi connectivity index (χ2v) is 3.10. The Balaban J connectivity index is 2.62. The lowest BCUT2D eigenvalue weighted by Crippen LogP contribution is -2.48. The third-order valence-electron chi connectivity index (χ3n) is 1.91. The van der Waals surface area contributed by atoms with Gasteiger partial charge in [0.2, 0.25) is 0 Å². The van der Waals surface area contributed by atoms with Crippen molar-refractivity contribution in [1.29, 1.82) is 0 Å². The summed E-state index contributed by atoms with van der Waals surface area (Å²) in [5.41, 5.74) is 11.1. The van der Waals surface area contributed by atoms with Crippen LogP contribution in [0.1, 0.15) is 13.8 Å². The lowest BCUT2D eigenvalue weighted by atomic mass is 9.97. The quantitative estimate of drug-likeness (QED) is 0.462. The molecule has 9 heavy (non-hydrogen) atoms. The zero-order valence-electron chi connectivity index (χ0n) is 5.92. The van der Waals surface area contributed by atoms with Crippen LogP contribution < -0.4 is 11.5 Å². The molecule has 0 aromatic carbocycles. The van der Waals surface area contributed by atoms with E-state index in [1.807, 2.05) is 13.8 Å². The standard InChI is InChI=1S/C6H14N2O/c1-6(2)5(8)4(7)3-9-6/h4-5H,3,7-8H2,1-2H3. The van der Waals surface area contributed by atoms with Gasteiger partial charge < -0.3 is 16.2 Å². The summed E-state index contributed by atoms with van der Waals surface area (Å²) < 4.78 is 5.31. The molecule has 0 saturated carbocycles. The highest BCUT2D eigenvalue weighted by Gasteiger charge is 2.38. The van der Waals surface area contributed by atoms with Gasteiger partial charge in [0.1, 0.15) is 0 Å². The van der Waals surface area contributed by atoms with Crippen molar-refractivity contribution in [1.82, 2.24) is 0 Å². The SMILES string of the molecule is CC1(C)OCC(N)C1N. The van der Waals surface area contributed by atoms with Gasteiger partial charge in [0.25, 0.3) is 0 Å². The Morgan fingerprint density at radius 2 is 2.00 bits per heavy atom. The molecule has 1 aliphatic heterocycles. The van der Waals surface area contributed by atoms with E-state index in [0.29, 0.717) is 6.61 Å². The van der Waals surface area contributed by atoms with Gasteiger partial charge in [-0.05, 0) is 13.8 Å². The summed E-state index contributed by atoms with van der Waals surface area (Å²) in [6.07, 6.45) is 0. The zero-order chi connectivity index (χ0) is 7.07. The van der Waals surface area contributed by atoms with Gasteiger partial charge in [0, 0.05) is 6.04 Å². The maximum absolute atomic E-state index is 5.71. The number of ether oxygens (including phenoxy) is 1. The van der Waals surface area contributed by atoms with E-state index >= 15 is 0 Å². The van der Waals surface area contributed by atoms with Crippen molar-refractivity contribution >= 4 is 0 Å². The Morgan fingerprint density at radius 1 is 1.44 bits per heavy atom. The number of nitrogens with two attached hydrogens (primary N) is 2. The van der Waals surface area contributed by atoms with Crippen LogP contribution >= 0.6 is 0 Å². The Kier molecular flexibility index (Phi) is 1.50. The Morgan fingerprint density at radius 3 is 2.11 bits per heavy atom. The number of hydrogen-bond acceptors (Lipinski definition) is 3. The van der Waals surface area contributed by atoms with Gasteiger partial charge in [-0.3, -0.25) is 0 Å². The molecule has 0 amide bonds. The molecule has 1 rings (SSSR count). The maximum atomic E-state index is 5.71. The first kappa shape index (κ1) is 6.99. The molecular weight excluding hydrogens is 116 g/mol. The Bertz CT molecular complexity index is 114. The van der Waals surface area contributed by atoms with Gasteiger partial charge >= 0.3 is 0 Å². The molecule has 3 heteroatoms. The molecule has 1 fully saturated rings. The molecule has 4 N–H and O–H groups in total. The maximum Gasteiger partial charge on any atom is 0.0793 e. The summed E-state index contributed by atoms with van der Waals surface area (Å²) >= 11 is 0. The molecule has 1 saturated heterocycles. The fraction of sp³-hybridized carbons (Fsp3) is 1.00. The van der Waals surface area contributed by atoms with E-state index in [0.717, 1.165) is 0 Å². The van der Waals surface area contributed by atoms with E-state index in [1.54, 1.807) is 0 Å². The van der Waals surface area contributed by atoms with Gasteiger partial charge in [0.05, 0.1) is 18.2 Å². The van der Waals surface area contributed by atoms with E-state index in [1.165, 1.54) is 0 Å². The van der Waals surface area contributed by atoms with Crippen LogP contribution in [0, 0.1) is 0 Å². The average molecular weight is 130 g/mol. The minimum absolute atomic E-state index is 0.0139. The third-order valence-corrected chi connectivity index (χ3v) is 1.91. The zero-order valence-corrected chi connectivity index (χ0v) is 5.92. The predicted octanol–water partition coefficient (Wildman–Crippen LogP) is -0.550. The van der Waals surface area contributed by atoms with Crippen molar-refractivity contribution in [3.05, 3.63) is 0 Å². The number of hydrogen-bond donors (Lipinski definition) is 2. The largest absolute Gasteiger partial charge is 0.372 e. The van der Waals surface area contributed by atoms with Crippen molar-refractivity contribution in [2.75, 3.05) is 6.61 Å². The molecule has 3 nitrogen and oxygen atoms in total. The molecule has 54 valence electrons. The van der Waals surface area contributed by atoms with Gasteiger partial charge in [0.15, 0.2) is 0 Å². The van der Waals surface area contributed by atoms with Crippen LogP contribution in [0.3, 0.4) is 0 Å². The van der Waals surface area contributed by atoms with Crippen LogP contribution in [-0.4, -0.2) is 24.3 Å². The highest BCUT2D eigenvalue weighted by molar-refractivity contribution is 4.96. The molecule has 2 atom stereocenters. The molecular formula is C6H14N2O. The summed E-state index contributed by atoms with van der Waals surface area (Å²) in [5.74, 6) is 0. The molecule has 0 radical (unpaired) electrons. The van der Waals surface area contributed by atoms with Crippen LogP contribution in [-0.2, 0) is 4.74 Å². The Hall–Kier alpha value is -0.120. The van der Waals surface area contributed by atoms with Crippen molar-refractivity contribution in [2.24, 2.45) is 11.5 Å². The minimum Gasteiger partial charge on any atom is -0.372 e. The highest BCUT2D eigenvalue weighted by atomic mass is 16.5. The lowest BCUT2D eigenvalue weighted by Gasteiger charge is -2.22. The summed E-state index contributed by atoms with van der Waals surface area (Å²) in [7, 11) is 0. The van der Waals surface area contributed by atoms with Crippen LogP contribution in [0.15, 0.2) is 0 Å². The normalized spacial score (nSPS) is 41.3. The van der Waals surface area contributed by atoms with E-state index in [2.05, 4.69) is 0 Å². The topological polar surface area (TPSA) is 61.3 Å². The molecule has 0 aromatic heterocycles. The van der Waals surface area contributed by atoms with Crippen molar-refractivity contribution < 1.29 is 4.74 Å². The van der Waals surface area contributed by atoms with Crippen molar-refractivity contribution in [2.45, 2.75) is 31.5 Å². The number of rotatable bonds is 0. The van der Waals surface area contributed by atoms with Crippen LogP contribution in [0.4, 0.5) is 0 Å². The first-order valence-corrected chi connectivity index (χ1v) is 3.19. The second-order valence-electron chi connectivity index (χ2n) is 3.10. The molecule has 0 bridgehead atoms. The van der Waals surface area contributed by atoms with Gasteiger partial charge in [-0.25, -0.2) is 0 Å². The summed E-state index contributed by atoms with van der Waals surface area (Å²) in [6, 6.07) is -0.00231. The van der Waals surface area contributed by atoms with Crippen LogP contribution in [0.2, 0.25) is 0 Å². The van der Waals surface area contributed by atoms with E-state index in [9.17, 15) is 0 Å². The summed E-state index contributed by atoms with van der Waals surface area (Å²) in [5, 5.41) is 0. The molecule has 2 unspecified atom stereocenters. The first-order chi connectivity index (χ1) is 4.04. The molecule has 1 aliphatic rings. The van der Waals surface area contributed by atoms with Crippen LogP contribution in [0.5, 0.6) is 0 Å². The second kappa shape index (κ2) is 1.94. The highest BCUT2D eigenvalue weighted by Crippen LogP contribution is 2.21. The summed E-state index contributed by atoms with van der Waals surface area (Å²) in [6.45, 7) is 4.52. The Labute approximate surface area is 55.4 Å². The molecule has 0 aromatic rings. The summed E-state index contributed by atoms with van der Waals surface area (Å²) in [4.78, 5) is 0. The monoisotopic (exact) mass is 130 g/mol. The van der Waals surface area contributed by atoms with E-state index in [-0.39, 0.29) is 17.7 Å². The smallest absolute Gasteiger partial charge is 0.0793 e. The van der Waals surface area contributed by atoms with Gasteiger partial charge in [-0.2, -0.15) is 0 Å². The molecule has 0 aliphatic carbocycles. The van der Waals surface area contributed by atoms with Gasteiger partial charge in [-0.15, -0.1) is 0 Å². The van der Waals surface area contributed by atoms with E-state index < -0.39 is 0 Å². The lowest BCUT2D eigenvalue weighted by molar-refractivity contribution is 0.0281. The van der Waals surface area contributed by atoms with E-state index in [4.69, 9.17) is 16.2 Å².